The van der Waals surface area contributed by atoms with E-state index in [-0.39, 0.29) is 10.8 Å². The molecule has 3 rings (SSSR count). The Bertz CT molecular complexity index is 908. The van der Waals surface area contributed by atoms with Crippen LogP contribution in [0.15, 0.2) is 84.9 Å². The van der Waals surface area contributed by atoms with Crippen LogP contribution in [0.3, 0.4) is 0 Å². The Labute approximate surface area is 150 Å². The van der Waals surface area contributed by atoms with Crippen molar-refractivity contribution in [1.82, 2.24) is 0 Å². The van der Waals surface area contributed by atoms with Crippen molar-refractivity contribution in [2.75, 3.05) is 5.32 Å². The molecular weight excluding hydrogens is 337 g/mol. The second kappa shape index (κ2) is 7.77. The molecule has 124 valence electrons. The molecule has 0 heterocycles. The first-order valence-electron chi connectivity index (χ1n) is 7.72. The normalized spacial score (nSPS) is 11.2. The monoisotopic (exact) mass is 351 g/mol. The van der Waals surface area contributed by atoms with Gasteiger partial charge in [0.1, 0.15) is 5.82 Å². The van der Waals surface area contributed by atoms with E-state index in [1.807, 2.05) is 48.5 Å². The molecule has 0 atom stereocenters. The molecule has 0 aromatic heterocycles. The summed E-state index contributed by atoms with van der Waals surface area (Å²) in [5.41, 5.74) is 2.53. The highest BCUT2D eigenvalue weighted by Crippen LogP contribution is 2.27. The maximum absolute atomic E-state index is 13.3. The van der Waals surface area contributed by atoms with Crippen molar-refractivity contribution in [3.8, 4) is 0 Å². The lowest BCUT2D eigenvalue weighted by atomic mass is 10.1. The number of rotatable bonds is 5. The van der Waals surface area contributed by atoms with E-state index in [9.17, 15) is 9.18 Å². The quantitative estimate of drug-likeness (QED) is 0.464. The Hall–Kier alpha value is -2.91. The summed E-state index contributed by atoms with van der Waals surface area (Å²) in [6.45, 7) is 0. The van der Waals surface area contributed by atoms with Gasteiger partial charge in [-0.3, -0.25) is 4.79 Å². The molecule has 4 heteroatoms. The Morgan fingerprint density at radius 1 is 0.880 bits per heavy atom. The van der Waals surface area contributed by atoms with Crippen molar-refractivity contribution < 1.29 is 9.18 Å². The topological polar surface area (TPSA) is 29.1 Å². The second-order valence-corrected chi connectivity index (χ2v) is 5.81. The molecule has 25 heavy (non-hydrogen) atoms. The summed E-state index contributed by atoms with van der Waals surface area (Å²) in [7, 11) is 0. The van der Waals surface area contributed by atoms with Gasteiger partial charge in [0.2, 0.25) is 0 Å². The van der Waals surface area contributed by atoms with Gasteiger partial charge in [-0.25, -0.2) is 4.39 Å². The van der Waals surface area contributed by atoms with Crippen molar-refractivity contribution in [3.05, 3.63) is 107 Å². The third kappa shape index (κ3) is 4.34. The maximum atomic E-state index is 13.3. The van der Waals surface area contributed by atoms with E-state index in [4.69, 9.17) is 11.6 Å². The Kier molecular flexibility index (Phi) is 5.26. The average molecular weight is 352 g/mol. The highest BCUT2D eigenvalue weighted by Gasteiger charge is 2.10. The molecule has 0 aliphatic rings. The molecule has 2 nitrogen and oxygen atoms in total. The van der Waals surface area contributed by atoms with Gasteiger partial charge in [-0.1, -0.05) is 72.3 Å². The largest absolute Gasteiger partial charge is 0.354 e. The van der Waals surface area contributed by atoms with Gasteiger partial charge in [-0.15, -0.1) is 0 Å². The van der Waals surface area contributed by atoms with Crippen molar-refractivity contribution >= 4 is 28.8 Å². The second-order valence-electron chi connectivity index (χ2n) is 5.40. The number of anilines is 1. The van der Waals surface area contributed by atoms with E-state index in [1.165, 1.54) is 18.2 Å². The van der Waals surface area contributed by atoms with E-state index < -0.39 is 5.82 Å². The fourth-order valence-corrected chi connectivity index (χ4v) is 2.58. The lowest BCUT2D eigenvalue weighted by Crippen LogP contribution is -2.04. The number of hydrogen-bond donors (Lipinski definition) is 1. The summed E-state index contributed by atoms with van der Waals surface area (Å²) < 4.78 is 13.3. The van der Waals surface area contributed by atoms with Crippen LogP contribution in [0, 0.1) is 5.82 Å². The number of benzene rings is 3. The van der Waals surface area contributed by atoms with Gasteiger partial charge >= 0.3 is 0 Å². The summed E-state index contributed by atoms with van der Waals surface area (Å²) in [5.74, 6) is -0.550. The molecular formula is C21H15ClFNO. The Morgan fingerprint density at radius 3 is 2.08 bits per heavy atom. The summed E-state index contributed by atoms with van der Waals surface area (Å²) >= 11 is 6.10. The maximum Gasteiger partial charge on any atom is 0.187 e. The number of nitrogens with one attached hydrogen (secondary N) is 1. The van der Waals surface area contributed by atoms with Gasteiger partial charge in [0.25, 0.3) is 0 Å². The molecule has 1 N–H and O–H groups in total. The third-order valence-electron chi connectivity index (χ3n) is 3.62. The minimum atomic E-state index is -0.416. The van der Waals surface area contributed by atoms with Gasteiger partial charge < -0.3 is 5.32 Å². The van der Waals surface area contributed by atoms with Gasteiger partial charge in [-0.2, -0.15) is 0 Å². The zero-order chi connectivity index (χ0) is 17.6. The average Bonchev–Trinajstić information content (AvgIpc) is 2.64. The number of carbonyl (C=O) groups is 1. The number of ketones is 1. The lowest BCUT2D eigenvalue weighted by Gasteiger charge is -2.13. The zero-order valence-electron chi connectivity index (χ0n) is 13.2. The number of hydrogen-bond acceptors (Lipinski definition) is 2. The first-order chi connectivity index (χ1) is 12.1. The predicted octanol–water partition coefficient (Wildman–Crippen LogP) is 5.82. The molecule has 0 amide bonds. The van der Waals surface area contributed by atoms with Crippen LogP contribution < -0.4 is 5.32 Å². The molecule has 0 bridgehead atoms. The zero-order valence-corrected chi connectivity index (χ0v) is 14.0. The smallest absolute Gasteiger partial charge is 0.187 e. The fraction of sp³-hybridized carbons (Fsp3) is 0. The molecule has 0 spiro atoms. The minimum absolute atomic E-state index is 0.134. The van der Waals surface area contributed by atoms with E-state index in [0.29, 0.717) is 16.9 Å². The Morgan fingerprint density at radius 2 is 1.48 bits per heavy atom. The minimum Gasteiger partial charge on any atom is -0.354 e. The van der Waals surface area contributed by atoms with E-state index >= 15 is 0 Å². The van der Waals surface area contributed by atoms with Crippen molar-refractivity contribution in [2.45, 2.75) is 0 Å². The van der Waals surface area contributed by atoms with Crippen molar-refractivity contribution in [3.63, 3.8) is 0 Å². The fourth-order valence-electron chi connectivity index (χ4n) is 2.36. The van der Waals surface area contributed by atoms with Crippen LogP contribution in [0.1, 0.15) is 15.9 Å². The standard InChI is InChI=1S/C21H15ClFNO/c22-18-13-17(23)11-12-19(18)24-20(15-7-3-1-4-8-15)14-21(25)16-9-5-2-6-10-16/h1-14,24H/b20-14-. The number of halogens is 2. The van der Waals surface area contributed by atoms with Gasteiger partial charge in [0.05, 0.1) is 10.7 Å². The van der Waals surface area contributed by atoms with Crippen LogP contribution >= 0.6 is 11.6 Å². The van der Waals surface area contributed by atoms with Crippen LogP contribution in [-0.4, -0.2) is 5.78 Å². The van der Waals surface area contributed by atoms with E-state index in [1.54, 1.807) is 18.2 Å². The first-order valence-corrected chi connectivity index (χ1v) is 8.10. The SMILES string of the molecule is O=C(/C=C(\Nc1ccc(F)cc1Cl)c1ccccc1)c1ccccc1. The van der Waals surface area contributed by atoms with Gasteiger partial charge in [0.15, 0.2) is 5.78 Å². The summed E-state index contributed by atoms with van der Waals surface area (Å²) in [6, 6.07) is 22.5. The summed E-state index contributed by atoms with van der Waals surface area (Å²) in [4.78, 5) is 12.5. The molecule has 3 aromatic rings. The molecule has 0 aliphatic carbocycles. The van der Waals surface area contributed by atoms with Crippen LogP contribution in [0.4, 0.5) is 10.1 Å². The van der Waals surface area contributed by atoms with E-state index in [0.717, 1.165) is 5.56 Å². The molecule has 0 saturated heterocycles. The number of allylic oxidation sites excluding steroid dienone is 1. The molecule has 0 fully saturated rings. The first kappa shape index (κ1) is 16.9. The summed E-state index contributed by atoms with van der Waals surface area (Å²) in [5, 5.41) is 3.38. The molecule has 3 aromatic carbocycles. The highest BCUT2D eigenvalue weighted by atomic mass is 35.5. The van der Waals surface area contributed by atoms with Gasteiger partial charge in [-0.05, 0) is 23.8 Å². The molecule has 0 radical (unpaired) electrons. The van der Waals surface area contributed by atoms with E-state index in [2.05, 4.69) is 5.32 Å². The molecule has 0 aliphatic heterocycles. The van der Waals surface area contributed by atoms with Crippen LogP contribution in [0.5, 0.6) is 0 Å². The number of carbonyl (C=O) groups excluding carboxylic acids is 1. The third-order valence-corrected chi connectivity index (χ3v) is 3.93. The highest BCUT2D eigenvalue weighted by molar-refractivity contribution is 6.33. The van der Waals surface area contributed by atoms with Crippen LogP contribution in [0.25, 0.3) is 5.70 Å². The van der Waals surface area contributed by atoms with Gasteiger partial charge in [0, 0.05) is 17.3 Å². The molecule has 0 saturated carbocycles. The molecule has 0 unspecified atom stereocenters. The van der Waals surface area contributed by atoms with Crippen LogP contribution in [0.2, 0.25) is 5.02 Å². The predicted molar refractivity (Wildman–Crippen MR) is 100 cm³/mol. The Balaban J connectivity index is 1.98. The van der Waals surface area contributed by atoms with Crippen LogP contribution in [-0.2, 0) is 0 Å². The lowest BCUT2D eigenvalue weighted by molar-refractivity contribution is 0.104. The summed E-state index contributed by atoms with van der Waals surface area (Å²) in [6.07, 6.45) is 1.52. The van der Waals surface area contributed by atoms with Crippen molar-refractivity contribution in [2.24, 2.45) is 0 Å². The van der Waals surface area contributed by atoms with Crippen molar-refractivity contribution in [1.29, 1.82) is 0 Å².